The molecular formula is C19H30IN3O2S. The average molecular weight is 491 g/mol. The first-order valence-electron chi connectivity index (χ1n) is 8.70. The molecule has 1 aliphatic rings. The standard InChI is InChI=1S/C19H29N3O2S.HI/c1-4-10-25-11-8-21-19(20-3)22-13-16-6-5-15(2)12-18(16)24-17-7-9-23-14-17;/h4-6,12,17H,1,7-11,13-14H2,2-3H3,(H2,20,21,22);1H. The van der Waals surface area contributed by atoms with Crippen LogP contribution < -0.4 is 15.4 Å². The Bertz CT molecular complexity index is 578. The summed E-state index contributed by atoms with van der Waals surface area (Å²) >= 11 is 1.85. The van der Waals surface area contributed by atoms with Crippen molar-refractivity contribution in [2.24, 2.45) is 4.99 Å². The number of benzene rings is 1. The Morgan fingerprint density at radius 3 is 3.00 bits per heavy atom. The van der Waals surface area contributed by atoms with Crippen molar-refractivity contribution in [2.75, 3.05) is 38.3 Å². The number of aliphatic imine (C=N–C) groups is 1. The highest BCUT2D eigenvalue weighted by Crippen LogP contribution is 2.23. The SMILES string of the molecule is C=CCSCCNC(=NC)NCc1ccc(C)cc1OC1CCOC1.I. The molecule has 0 amide bonds. The highest BCUT2D eigenvalue weighted by atomic mass is 127. The minimum atomic E-state index is 0. The summed E-state index contributed by atoms with van der Waals surface area (Å²) in [5.41, 5.74) is 2.32. The van der Waals surface area contributed by atoms with Gasteiger partial charge in [0.2, 0.25) is 0 Å². The lowest BCUT2D eigenvalue weighted by Crippen LogP contribution is -2.38. The van der Waals surface area contributed by atoms with Crippen LogP contribution in [-0.4, -0.2) is 50.4 Å². The summed E-state index contributed by atoms with van der Waals surface area (Å²) in [6.07, 6.45) is 3.03. The van der Waals surface area contributed by atoms with Crippen LogP contribution in [0.1, 0.15) is 17.5 Å². The fraction of sp³-hybridized carbons (Fsp3) is 0.526. The quantitative estimate of drug-likeness (QED) is 0.183. The maximum absolute atomic E-state index is 6.14. The zero-order chi connectivity index (χ0) is 17.9. The van der Waals surface area contributed by atoms with Crippen LogP contribution in [0.5, 0.6) is 5.75 Å². The van der Waals surface area contributed by atoms with Gasteiger partial charge in [-0.1, -0.05) is 18.2 Å². The van der Waals surface area contributed by atoms with Crippen LogP contribution in [0.4, 0.5) is 0 Å². The molecular weight excluding hydrogens is 461 g/mol. The number of halogens is 1. The van der Waals surface area contributed by atoms with Crippen molar-refractivity contribution in [1.82, 2.24) is 10.6 Å². The minimum absolute atomic E-state index is 0. The number of ether oxygens (including phenoxy) is 2. The summed E-state index contributed by atoms with van der Waals surface area (Å²) in [7, 11) is 1.79. The first kappa shape index (κ1) is 23.1. The van der Waals surface area contributed by atoms with E-state index in [1.165, 1.54) is 5.56 Å². The van der Waals surface area contributed by atoms with E-state index >= 15 is 0 Å². The van der Waals surface area contributed by atoms with Crippen molar-refractivity contribution < 1.29 is 9.47 Å². The summed E-state index contributed by atoms with van der Waals surface area (Å²) in [5, 5.41) is 6.69. The predicted molar refractivity (Wildman–Crippen MR) is 122 cm³/mol. The molecule has 1 aromatic rings. The Hall–Kier alpha value is -0.930. The highest BCUT2D eigenvalue weighted by molar-refractivity contribution is 14.0. The molecule has 1 aromatic carbocycles. The molecule has 0 spiro atoms. The predicted octanol–water partition coefficient (Wildman–Crippen LogP) is 3.36. The summed E-state index contributed by atoms with van der Waals surface area (Å²) in [6.45, 7) is 8.80. The van der Waals surface area contributed by atoms with Crippen molar-refractivity contribution in [1.29, 1.82) is 0 Å². The van der Waals surface area contributed by atoms with Crippen LogP contribution in [0, 0.1) is 6.92 Å². The molecule has 1 unspecified atom stereocenters. The van der Waals surface area contributed by atoms with Crippen LogP contribution >= 0.6 is 35.7 Å². The Balaban J connectivity index is 0.00000338. The summed E-state index contributed by atoms with van der Waals surface area (Å²) < 4.78 is 11.6. The zero-order valence-corrected chi connectivity index (χ0v) is 18.8. The van der Waals surface area contributed by atoms with Gasteiger partial charge in [0.1, 0.15) is 11.9 Å². The summed E-state index contributed by atoms with van der Waals surface area (Å²) in [5.74, 6) is 3.73. The van der Waals surface area contributed by atoms with Gasteiger partial charge in [-0.2, -0.15) is 11.8 Å². The third kappa shape index (κ3) is 8.18. The maximum Gasteiger partial charge on any atom is 0.191 e. The van der Waals surface area contributed by atoms with E-state index in [9.17, 15) is 0 Å². The molecule has 2 rings (SSSR count). The topological polar surface area (TPSA) is 54.9 Å². The number of guanidine groups is 1. The number of thioether (sulfide) groups is 1. The van der Waals surface area contributed by atoms with Crippen molar-refractivity contribution in [3.05, 3.63) is 42.0 Å². The van der Waals surface area contributed by atoms with Crippen LogP contribution in [0.25, 0.3) is 0 Å². The molecule has 5 nitrogen and oxygen atoms in total. The first-order valence-corrected chi connectivity index (χ1v) is 9.85. The second-order valence-corrected chi connectivity index (χ2v) is 7.08. The van der Waals surface area contributed by atoms with Gasteiger partial charge < -0.3 is 20.1 Å². The number of rotatable bonds is 9. The number of nitrogens with zero attached hydrogens (tertiary/aromatic N) is 1. The highest BCUT2D eigenvalue weighted by Gasteiger charge is 2.18. The molecule has 1 fully saturated rings. The van der Waals surface area contributed by atoms with Crippen LogP contribution in [0.15, 0.2) is 35.8 Å². The summed E-state index contributed by atoms with van der Waals surface area (Å²) in [4.78, 5) is 4.28. The van der Waals surface area contributed by atoms with Crippen molar-refractivity contribution >= 4 is 41.7 Å². The normalized spacial score (nSPS) is 16.7. The number of hydrogen-bond donors (Lipinski definition) is 2. The molecule has 1 atom stereocenters. The Kier molecular flexibility index (Phi) is 11.8. The van der Waals surface area contributed by atoms with E-state index in [-0.39, 0.29) is 30.1 Å². The molecule has 0 radical (unpaired) electrons. The average Bonchev–Trinajstić information content (AvgIpc) is 3.12. The molecule has 0 bridgehead atoms. The summed E-state index contributed by atoms with van der Waals surface area (Å²) in [6, 6.07) is 6.31. The molecule has 1 aliphatic heterocycles. The maximum atomic E-state index is 6.14. The fourth-order valence-corrected chi connectivity index (χ4v) is 3.09. The molecule has 1 saturated heterocycles. The lowest BCUT2D eigenvalue weighted by molar-refractivity contribution is 0.140. The van der Waals surface area contributed by atoms with E-state index < -0.39 is 0 Å². The smallest absolute Gasteiger partial charge is 0.191 e. The van der Waals surface area contributed by atoms with E-state index in [2.05, 4.69) is 47.3 Å². The van der Waals surface area contributed by atoms with Gasteiger partial charge in [0, 0.05) is 43.6 Å². The Labute approximate surface area is 178 Å². The van der Waals surface area contributed by atoms with Crippen molar-refractivity contribution in [2.45, 2.75) is 26.0 Å². The van der Waals surface area contributed by atoms with Crippen molar-refractivity contribution in [3.8, 4) is 5.75 Å². The number of aryl methyl sites for hydroxylation is 1. The van der Waals surface area contributed by atoms with E-state index in [1.54, 1.807) is 7.05 Å². The van der Waals surface area contributed by atoms with E-state index in [1.807, 2.05) is 17.8 Å². The van der Waals surface area contributed by atoms with Crippen LogP contribution in [-0.2, 0) is 11.3 Å². The van der Waals surface area contributed by atoms with Gasteiger partial charge >= 0.3 is 0 Å². The fourth-order valence-electron chi connectivity index (χ4n) is 2.51. The third-order valence-corrected chi connectivity index (χ3v) is 4.81. The van der Waals surface area contributed by atoms with Crippen LogP contribution in [0.3, 0.4) is 0 Å². The molecule has 0 saturated carbocycles. The first-order chi connectivity index (χ1) is 12.2. The molecule has 1 heterocycles. The van der Waals surface area contributed by atoms with Crippen LogP contribution in [0.2, 0.25) is 0 Å². The van der Waals surface area contributed by atoms with Gasteiger partial charge in [0.25, 0.3) is 0 Å². The van der Waals surface area contributed by atoms with Gasteiger partial charge in [-0.25, -0.2) is 0 Å². The Morgan fingerprint density at radius 1 is 1.46 bits per heavy atom. The molecule has 146 valence electrons. The minimum Gasteiger partial charge on any atom is -0.488 e. The lowest BCUT2D eigenvalue weighted by atomic mass is 10.1. The molecule has 2 N–H and O–H groups in total. The Morgan fingerprint density at radius 2 is 2.31 bits per heavy atom. The third-order valence-electron chi connectivity index (χ3n) is 3.85. The molecule has 0 aromatic heterocycles. The zero-order valence-electron chi connectivity index (χ0n) is 15.6. The van der Waals surface area contributed by atoms with Gasteiger partial charge in [-0.15, -0.1) is 30.6 Å². The van der Waals surface area contributed by atoms with Crippen molar-refractivity contribution in [3.63, 3.8) is 0 Å². The van der Waals surface area contributed by atoms with Gasteiger partial charge in [0.05, 0.1) is 13.2 Å². The number of nitrogens with one attached hydrogen (secondary N) is 2. The molecule has 0 aliphatic carbocycles. The largest absolute Gasteiger partial charge is 0.488 e. The van der Waals surface area contributed by atoms with Gasteiger partial charge in [-0.05, 0) is 18.6 Å². The number of hydrogen-bond acceptors (Lipinski definition) is 4. The van der Waals surface area contributed by atoms with E-state index in [0.717, 1.165) is 48.4 Å². The van der Waals surface area contributed by atoms with E-state index in [0.29, 0.717) is 13.2 Å². The monoisotopic (exact) mass is 491 g/mol. The second kappa shape index (κ2) is 13.3. The molecule has 7 heteroatoms. The van der Waals surface area contributed by atoms with Gasteiger partial charge in [0.15, 0.2) is 5.96 Å². The lowest BCUT2D eigenvalue weighted by Gasteiger charge is -2.18. The van der Waals surface area contributed by atoms with E-state index in [4.69, 9.17) is 9.47 Å². The molecule has 26 heavy (non-hydrogen) atoms. The second-order valence-electron chi connectivity index (χ2n) is 5.93. The van der Waals surface area contributed by atoms with Gasteiger partial charge in [-0.3, -0.25) is 4.99 Å².